The number of amides is 1. The van der Waals surface area contributed by atoms with Crippen LogP contribution in [0.4, 0.5) is 9.52 Å². The molecule has 4 rings (SSSR count). The number of aromatic nitrogens is 1. The van der Waals surface area contributed by atoms with Gasteiger partial charge in [0.15, 0.2) is 5.13 Å². The number of fused-ring (bicyclic) bond motifs is 2. The van der Waals surface area contributed by atoms with Gasteiger partial charge in [-0.2, -0.15) is 0 Å². The predicted molar refractivity (Wildman–Crippen MR) is 114 cm³/mol. The Labute approximate surface area is 166 Å². The molecule has 0 bridgehead atoms. The summed E-state index contributed by atoms with van der Waals surface area (Å²) in [6.07, 6.45) is 0. The Morgan fingerprint density at radius 2 is 1.82 bits per heavy atom. The van der Waals surface area contributed by atoms with Crippen LogP contribution < -0.4 is 4.90 Å². The van der Waals surface area contributed by atoms with E-state index in [9.17, 15) is 9.18 Å². The maximum Gasteiger partial charge on any atom is 0.260 e. The Bertz CT molecular complexity index is 1150. The van der Waals surface area contributed by atoms with Gasteiger partial charge in [-0.3, -0.25) is 9.69 Å². The first-order valence-corrected chi connectivity index (χ1v) is 9.85. The number of thiazole rings is 1. The average Bonchev–Trinajstić information content (AvgIpc) is 3.10. The SMILES string of the molecule is CN(C)CCN(C(=O)c1cccc2ccccc12)c1nc2ccc(F)cc2s1. The lowest BCUT2D eigenvalue weighted by Crippen LogP contribution is -2.36. The van der Waals surface area contributed by atoms with Gasteiger partial charge < -0.3 is 4.90 Å². The number of carbonyl (C=O) groups excluding carboxylic acids is 1. The second kappa shape index (κ2) is 7.66. The van der Waals surface area contributed by atoms with Gasteiger partial charge in [-0.15, -0.1) is 0 Å². The minimum atomic E-state index is -0.303. The van der Waals surface area contributed by atoms with Crippen molar-refractivity contribution >= 4 is 43.4 Å². The first kappa shape index (κ1) is 18.5. The average molecular weight is 393 g/mol. The summed E-state index contributed by atoms with van der Waals surface area (Å²) in [7, 11) is 3.93. The van der Waals surface area contributed by atoms with Crippen molar-refractivity contribution in [2.45, 2.75) is 0 Å². The van der Waals surface area contributed by atoms with E-state index in [1.54, 1.807) is 11.0 Å². The highest BCUT2D eigenvalue weighted by Crippen LogP contribution is 2.31. The Morgan fingerprint density at radius 1 is 1.04 bits per heavy atom. The van der Waals surface area contributed by atoms with E-state index in [0.29, 0.717) is 29.3 Å². The highest BCUT2D eigenvalue weighted by Gasteiger charge is 2.23. The molecule has 0 saturated heterocycles. The molecule has 0 fully saturated rings. The number of rotatable bonds is 5. The van der Waals surface area contributed by atoms with Crippen molar-refractivity contribution in [3.8, 4) is 0 Å². The van der Waals surface area contributed by atoms with Crippen LogP contribution in [0.2, 0.25) is 0 Å². The van der Waals surface area contributed by atoms with Gasteiger partial charge in [0.05, 0.1) is 10.2 Å². The lowest BCUT2D eigenvalue weighted by Gasteiger charge is -2.22. The van der Waals surface area contributed by atoms with E-state index in [1.807, 2.05) is 61.5 Å². The molecule has 0 radical (unpaired) electrons. The van der Waals surface area contributed by atoms with Crippen LogP contribution in [0.25, 0.3) is 21.0 Å². The van der Waals surface area contributed by atoms with Crippen molar-refractivity contribution in [2.24, 2.45) is 0 Å². The molecule has 28 heavy (non-hydrogen) atoms. The highest BCUT2D eigenvalue weighted by molar-refractivity contribution is 7.22. The zero-order chi connectivity index (χ0) is 19.7. The van der Waals surface area contributed by atoms with Crippen LogP contribution >= 0.6 is 11.3 Å². The number of carbonyl (C=O) groups is 1. The van der Waals surface area contributed by atoms with Crippen LogP contribution in [0.3, 0.4) is 0 Å². The van der Waals surface area contributed by atoms with E-state index in [2.05, 4.69) is 4.98 Å². The van der Waals surface area contributed by atoms with E-state index in [-0.39, 0.29) is 11.7 Å². The molecular formula is C22H20FN3OS. The number of anilines is 1. The van der Waals surface area contributed by atoms with Crippen molar-refractivity contribution in [3.05, 3.63) is 72.0 Å². The third-order valence-electron chi connectivity index (χ3n) is 4.61. The van der Waals surface area contributed by atoms with Crippen LogP contribution in [0.5, 0.6) is 0 Å². The summed E-state index contributed by atoms with van der Waals surface area (Å²) in [5, 5.41) is 2.52. The van der Waals surface area contributed by atoms with Crippen molar-refractivity contribution in [1.29, 1.82) is 0 Å². The molecule has 0 atom stereocenters. The summed E-state index contributed by atoms with van der Waals surface area (Å²) in [5.41, 5.74) is 1.34. The number of halogens is 1. The van der Waals surface area contributed by atoms with Crippen LogP contribution in [-0.2, 0) is 0 Å². The fourth-order valence-electron chi connectivity index (χ4n) is 3.14. The van der Waals surface area contributed by atoms with Gasteiger partial charge in [0.25, 0.3) is 5.91 Å². The molecule has 1 heterocycles. The molecule has 0 aliphatic carbocycles. The smallest absolute Gasteiger partial charge is 0.260 e. The normalized spacial score (nSPS) is 11.4. The molecule has 0 unspecified atom stereocenters. The van der Waals surface area contributed by atoms with Crippen LogP contribution in [0.15, 0.2) is 60.7 Å². The van der Waals surface area contributed by atoms with Gasteiger partial charge in [-0.05, 0) is 49.1 Å². The Kier molecular flexibility index (Phi) is 5.07. The monoisotopic (exact) mass is 393 g/mol. The number of hydrogen-bond donors (Lipinski definition) is 0. The third kappa shape index (κ3) is 3.61. The third-order valence-corrected chi connectivity index (χ3v) is 5.65. The lowest BCUT2D eigenvalue weighted by molar-refractivity contribution is 0.0987. The standard InChI is InChI=1S/C22H20FN3OS/c1-25(2)12-13-26(22-24-19-11-10-16(23)14-20(19)28-22)21(27)18-9-5-7-15-6-3-4-8-17(15)18/h3-11,14H,12-13H2,1-2H3. The second-order valence-corrected chi connectivity index (χ2v) is 7.90. The van der Waals surface area contributed by atoms with E-state index in [1.165, 1.54) is 23.5 Å². The molecule has 0 saturated carbocycles. The van der Waals surface area contributed by atoms with Crippen molar-refractivity contribution in [3.63, 3.8) is 0 Å². The molecule has 0 N–H and O–H groups in total. The van der Waals surface area contributed by atoms with E-state index in [0.717, 1.165) is 15.5 Å². The van der Waals surface area contributed by atoms with Gasteiger partial charge in [-0.25, -0.2) is 9.37 Å². The number of likely N-dealkylation sites (N-methyl/N-ethyl adjacent to an activating group) is 1. The topological polar surface area (TPSA) is 36.4 Å². The molecule has 0 aliphatic rings. The van der Waals surface area contributed by atoms with Gasteiger partial charge in [0.1, 0.15) is 5.82 Å². The molecule has 0 spiro atoms. The molecule has 1 amide bonds. The molecule has 142 valence electrons. The zero-order valence-electron chi connectivity index (χ0n) is 15.7. The minimum Gasteiger partial charge on any atom is -0.308 e. The van der Waals surface area contributed by atoms with Gasteiger partial charge in [0, 0.05) is 18.7 Å². The maximum absolute atomic E-state index is 13.6. The highest BCUT2D eigenvalue weighted by atomic mass is 32.1. The number of hydrogen-bond acceptors (Lipinski definition) is 4. The summed E-state index contributed by atoms with van der Waals surface area (Å²) in [4.78, 5) is 21.8. The van der Waals surface area contributed by atoms with Crippen molar-refractivity contribution in [1.82, 2.24) is 9.88 Å². The fourth-order valence-corrected chi connectivity index (χ4v) is 4.16. The van der Waals surface area contributed by atoms with Crippen molar-refractivity contribution in [2.75, 3.05) is 32.1 Å². The number of benzene rings is 3. The number of nitrogens with zero attached hydrogens (tertiary/aromatic N) is 3. The summed E-state index contributed by atoms with van der Waals surface area (Å²) < 4.78 is 14.3. The Morgan fingerprint density at radius 3 is 2.64 bits per heavy atom. The molecule has 1 aromatic heterocycles. The lowest BCUT2D eigenvalue weighted by atomic mass is 10.0. The predicted octanol–water partition coefficient (Wildman–Crippen LogP) is 4.80. The molecule has 6 heteroatoms. The van der Waals surface area contributed by atoms with Crippen molar-refractivity contribution < 1.29 is 9.18 Å². The summed E-state index contributed by atoms with van der Waals surface area (Å²) >= 11 is 1.34. The maximum atomic E-state index is 13.6. The molecule has 0 aliphatic heterocycles. The second-order valence-electron chi connectivity index (χ2n) is 6.90. The van der Waals surface area contributed by atoms with Crippen LogP contribution in [0.1, 0.15) is 10.4 Å². The first-order chi connectivity index (χ1) is 13.5. The Balaban J connectivity index is 1.79. The summed E-state index contributed by atoms with van der Waals surface area (Å²) in [6, 6.07) is 18.1. The molecule has 4 aromatic rings. The fraction of sp³-hybridized carbons (Fsp3) is 0.182. The first-order valence-electron chi connectivity index (χ1n) is 9.03. The van der Waals surface area contributed by atoms with Gasteiger partial charge in [-0.1, -0.05) is 47.7 Å². The Hall–Kier alpha value is -2.83. The van der Waals surface area contributed by atoms with Gasteiger partial charge >= 0.3 is 0 Å². The van der Waals surface area contributed by atoms with Crippen LogP contribution in [-0.4, -0.2) is 43.0 Å². The molecule has 3 aromatic carbocycles. The quantitative estimate of drug-likeness (QED) is 0.489. The largest absolute Gasteiger partial charge is 0.308 e. The summed E-state index contributed by atoms with van der Waals surface area (Å²) in [6.45, 7) is 1.19. The molecule has 4 nitrogen and oxygen atoms in total. The minimum absolute atomic E-state index is 0.0989. The van der Waals surface area contributed by atoms with Gasteiger partial charge in [0.2, 0.25) is 0 Å². The van der Waals surface area contributed by atoms with E-state index < -0.39 is 0 Å². The van der Waals surface area contributed by atoms with Crippen LogP contribution in [0, 0.1) is 5.82 Å². The van der Waals surface area contributed by atoms with E-state index in [4.69, 9.17) is 0 Å². The zero-order valence-corrected chi connectivity index (χ0v) is 16.5. The summed E-state index contributed by atoms with van der Waals surface area (Å²) in [5.74, 6) is -0.402. The van der Waals surface area contributed by atoms with E-state index >= 15 is 0 Å². The molecular weight excluding hydrogens is 373 g/mol.